The second-order valence-electron chi connectivity index (χ2n) is 13.0. The fraction of sp³-hybridized carbons (Fsp3) is 0.0732. The molecule has 1 spiro atoms. The second kappa shape index (κ2) is 7.80. The Morgan fingerprint density at radius 3 is 2.23 bits per heavy atom. The Balaban J connectivity index is 1.27. The SMILES string of the molecule is Cc1c(-c2ccc3oc4ccccc4c3c2)c(C)[n+]2n1-c1cccc3c1C21c2c(cccc2-n2c4ccccc4c4ccc[n+]1c42)O3. The third-order valence-corrected chi connectivity index (χ3v) is 10.9. The molecule has 0 amide bonds. The molecule has 9 aromatic rings. The van der Waals surface area contributed by atoms with Crippen LogP contribution in [-0.4, -0.2) is 9.25 Å². The Hall–Kier alpha value is -6.14. The number of furan rings is 1. The molecule has 0 aliphatic carbocycles. The summed E-state index contributed by atoms with van der Waals surface area (Å²) in [6.45, 7) is 4.53. The van der Waals surface area contributed by atoms with Crippen LogP contribution < -0.4 is 14.0 Å². The van der Waals surface area contributed by atoms with E-state index in [-0.39, 0.29) is 0 Å². The van der Waals surface area contributed by atoms with E-state index in [2.05, 4.69) is 142 Å². The first-order valence-electron chi connectivity index (χ1n) is 16.1. The van der Waals surface area contributed by atoms with Crippen molar-refractivity contribution >= 4 is 43.9 Å². The molecule has 6 heteroatoms. The van der Waals surface area contributed by atoms with Crippen molar-refractivity contribution in [1.82, 2.24) is 9.25 Å². The van der Waals surface area contributed by atoms with Crippen LogP contribution in [0.3, 0.4) is 0 Å². The lowest BCUT2D eigenvalue weighted by Gasteiger charge is -2.33. The quantitative estimate of drug-likeness (QED) is 0.176. The third-order valence-electron chi connectivity index (χ3n) is 10.9. The number of aromatic nitrogens is 4. The van der Waals surface area contributed by atoms with Gasteiger partial charge in [-0.2, -0.15) is 9.13 Å². The van der Waals surface area contributed by atoms with Gasteiger partial charge in [-0.15, -0.1) is 4.68 Å². The Labute approximate surface area is 268 Å². The van der Waals surface area contributed by atoms with Crippen LogP contribution in [0.2, 0.25) is 0 Å². The number of para-hydroxylation sites is 2. The third kappa shape index (κ3) is 2.51. The Kier molecular flexibility index (Phi) is 4.00. The summed E-state index contributed by atoms with van der Waals surface area (Å²) in [6, 6.07) is 41.1. The van der Waals surface area contributed by atoms with Gasteiger partial charge in [-0.3, -0.25) is 0 Å². The van der Waals surface area contributed by atoms with Crippen molar-refractivity contribution in [3.05, 3.63) is 144 Å². The van der Waals surface area contributed by atoms with Crippen LogP contribution in [0.25, 0.3) is 66.4 Å². The summed E-state index contributed by atoms with van der Waals surface area (Å²) in [6.07, 6.45) is 2.26. The van der Waals surface area contributed by atoms with Crippen molar-refractivity contribution in [3.63, 3.8) is 0 Å². The van der Waals surface area contributed by atoms with Crippen molar-refractivity contribution in [1.29, 1.82) is 0 Å². The zero-order valence-corrected chi connectivity index (χ0v) is 25.7. The largest absolute Gasteiger partial charge is 0.456 e. The first kappa shape index (κ1) is 24.1. The molecule has 0 N–H and O–H groups in total. The normalized spacial score (nSPS) is 16.6. The molecule has 3 aliphatic rings. The van der Waals surface area contributed by atoms with Crippen molar-refractivity contribution in [2.75, 3.05) is 0 Å². The molecule has 0 saturated carbocycles. The maximum atomic E-state index is 6.82. The van der Waals surface area contributed by atoms with Gasteiger partial charge in [-0.1, -0.05) is 53.2 Å². The highest BCUT2D eigenvalue weighted by atomic mass is 16.5. The molecule has 6 nitrogen and oxygen atoms in total. The van der Waals surface area contributed by atoms with Crippen LogP contribution in [0.15, 0.2) is 126 Å². The maximum Gasteiger partial charge on any atom is 0.397 e. The monoisotopic (exact) mass is 606 g/mol. The van der Waals surface area contributed by atoms with Gasteiger partial charge in [0.1, 0.15) is 39.4 Å². The minimum atomic E-state index is -0.709. The van der Waals surface area contributed by atoms with Gasteiger partial charge in [0.05, 0.1) is 22.8 Å². The van der Waals surface area contributed by atoms with Gasteiger partial charge in [0.2, 0.25) is 5.69 Å². The van der Waals surface area contributed by atoms with Gasteiger partial charge >= 0.3 is 11.3 Å². The van der Waals surface area contributed by atoms with E-state index >= 15 is 0 Å². The molecule has 7 heterocycles. The first-order valence-corrected chi connectivity index (χ1v) is 16.1. The fourth-order valence-corrected chi connectivity index (χ4v) is 9.27. The predicted molar refractivity (Wildman–Crippen MR) is 181 cm³/mol. The molecule has 0 saturated heterocycles. The standard InChI is InChI=1S/C41H26N4O2/c1-23-37(25-19-20-34-29(22-25)27-11-4-6-16-33(27)46-34)24(2)45-41-38-31(14-7-17-35(38)47-36-18-8-15-32(39(36)41)44(23)45)43-30-13-5-3-10-26(30)28-12-9-21-42(41)40(28)43/h3-22H,1-2H3/q+2. The maximum absolute atomic E-state index is 6.82. The lowest BCUT2D eigenvalue weighted by molar-refractivity contribution is -0.990. The molecule has 220 valence electrons. The van der Waals surface area contributed by atoms with E-state index in [1.54, 1.807) is 0 Å². The number of hydrogen-bond donors (Lipinski definition) is 0. The number of ether oxygens (including phenoxy) is 1. The summed E-state index contributed by atoms with van der Waals surface area (Å²) in [5.74, 6) is 1.77. The summed E-state index contributed by atoms with van der Waals surface area (Å²) in [5.41, 5.74) is 12.9. The average Bonchev–Trinajstić information content (AvgIpc) is 3.81. The number of rotatable bonds is 1. The minimum Gasteiger partial charge on any atom is -0.456 e. The van der Waals surface area contributed by atoms with Gasteiger partial charge in [0.15, 0.2) is 11.3 Å². The number of hydrogen-bond acceptors (Lipinski definition) is 2. The smallest absolute Gasteiger partial charge is 0.397 e. The van der Waals surface area contributed by atoms with Crippen LogP contribution in [0.1, 0.15) is 22.5 Å². The van der Waals surface area contributed by atoms with Crippen LogP contribution in [-0.2, 0) is 5.66 Å². The van der Waals surface area contributed by atoms with Crippen molar-refractivity contribution in [2.45, 2.75) is 19.5 Å². The summed E-state index contributed by atoms with van der Waals surface area (Å²) in [4.78, 5) is 0. The van der Waals surface area contributed by atoms with E-state index in [9.17, 15) is 0 Å². The van der Waals surface area contributed by atoms with Gasteiger partial charge in [0, 0.05) is 23.1 Å². The van der Waals surface area contributed by atoms with Crippen LogP contribution in [0, 0.1) is 13.8 Å². The van der Waals surface area contributed by atoms with Crippen LogP contribution >= 0.6 is 0 Å². The number of nitrogens with zero attached hydrogens (tertiary/aromatic N) is 4. The molecule has 0 fully saturated rings. The van der Waals surface area contributed by atoms with Gasteiger partial charge < -0.3 is 9.15 Å². The van der Waals surface area contributed by atoms with Crippen LogP contribution in [0.5, 0.6) is 11.5 Å². The van der Waals surface area contributed by atoms with Gasteiger partial charge in [0.25, 0.3) is 0 Å². The fourth-order valence-electron chi connectivity index (χ4n) is 9.27. The molecule has 12 rings (SSSR count). The Morgan fingerprint density at radius 2 is 1.36 bits per heavy atom. The molecule has 1 atom stereocenters. The highest BCUT2D eigenvalue weighted by molar-refractivity contribution is 6.08. The number of pyridine rings is 1. The summed E-state index contributed by atoms with van der Waals surface area (Å²) < 4.78 is 22.9. The molecule has 5 aromatic carbocycles. The van der Waals surface area contributed by atoms with Crippen LogP contribution in [0.4, 0.5) is 0 Å². The van der Waals surface area contributed by atoms with Gasteiger partial charge in [-0.05, 0) is 79.2 Å². The molecule has 47 heavy (non-hydrogen) atoms. The highest BCUT2D eigenvalue weighted by Crippen LogP contribution is 2.55. The topological polar surface area (TPSA) is 40.0 Å². The lowest BCUT2D eigenvalue weighted by atomic mass is 9.84. The van der Waals surface area contributed by atoms with E-state index in [4.69, 9.17) is 9.15 Å². The van der Waals surface area contributed by atoms with E-state index in [1.807, 2.05) is 12.1 Å². The van der Waals surface area contributed by atoms with Crippen molar-refractivity contribution in [2.24, 2.45) is 0 Å². The lowest BCUT2D eigenvalue weighted by Crippen LogP contribution is -2.77. The Morgan fingerprint density at radius 1 is 0.638 bits per heavy atom. The van der Waals surface area contributed by atoms with Crippen molar-refractivity contribution in [3.8, 4) is 34.0 Å². The minimum absolute atomic E-state index is 0.709. The molecule has 1 unspecified atom stereocenters. The second-order valence-corrected chi connectivity index (χ2v) is 13.0. The van der Waals surface area contributed by atoms with E-state index in [0.717, 1.165) is 50.4 Å². The van der Waals surface area contributed by atoms with Gasteiger partial charge in [-0.25, -0.2) is 0 Å². The molecule has 0 radical (unpaired) electrons. The molecule has 4 aromatic heterocycles. The number of fused-ring (bicyclic) bond motifs is 9. The zero-order valence-electron chi connectivity index (χ0n) is 25.7. The Bertz CT molecular complexity index is 2920. The highest BCUT2D eigenvalue weighted by Gasteiger charge is 2.69. The summed E-state index contributed by atoms with van der Waals surface area (Å²) >= 11 is 0. The first-order chi connectivity index (χ1) is 23.2. The van der Waals surface area contributed by atoms with Crippen molar-refractivity contribution < 1.29 is 18.4 Å². The molecule has 3 aliphatic heterocycles. The predicted octanol–water partition coefficient (Wildman–Crippen LogP) is 8.36. The van der Waals surface area contributed by atoms with E-state index in [1.165, 1.54) is 50.0 Å². The number of benzene rings is 5. The summed E-state index contributed by atoms with van der Waals surface area (Å²) in [5, 5.41) is 4.75. The molecular weight excluding hydrogens is 580 g/mol. The molecular formula is C41H26N4O2+2. The van der Waals surface area contributed by atoms with E-state index in [0.29, 0.717) is 0 Å². The zero-order chi connectivity index (χ0) is 30.8. The average molecular weight is 607 g/mol. The summed E-state index contributed by atoms with van der Waals surface area (Å²) in [7, 11) is 0. The molecule has 0 bridgehead atoms. The van der Waals surface area contributed by atoms with E-state index < -0.39 is 5.66 Å².